The van der Waals surface area contributed by atoms with E-state index in [1.807, 2.05) is 0 Å². The van der Waals surface area contributed by atoms with Gasteiger partial charge in [-0.3, -0.25) is 9.89 Å². The van der Waals surface area contributed by atoms with Crippen LogP contribution in [0.2, 0.25) is 0 Å². The van der Waals surface area contributed by atoms with E-state index >= 15 is 0 Å². The molecule has 2 unspecified atom stereocenters. The van der Waals surface area contributed by atoms with Gasteiger partial charge in [-0.25, -0.2) is 0 Å². The van der Waals surface area contributed by atoms with Gasteiger partial charge >= 0.3 is 0 Å². The second-order valence-corrected chi connectivity index (χ2v) is 7.68. The van der Waals surface area contributed by atoms with Crippen LogP contribution in [0.25, 0.3) is 0 Å². The average Bonchev–Trinajstić information content (AvgIpc) is 2.51. The first-order chi connectivity index (χ1) is 11.5. The standard InChI is InChI=1S/C20H34N4/c1-15(2)23-20(21-5)22-11-18-6-8-19(9-7-18)14-24-12-16(3)10-17(4)13-24/h6-9,15-17H,10-14H2,1-5H3,(H2,21,22,23). The molecule has 1 aliphatic heterocycles. The molecule has 0 radical (unpaired) electrons. The van der Waals surface area contributed by atoms with Crippen LogP contribution in [-0.2, 0) is 13.1 Å². The molecule has 4 nitrogen and oxygen atoms in total. The van der Waals surface area contributed by atoms with Crippen molar-refractivity contribution in [3.05, 3.63) is 35.4 Å². The summed E-state index contributed by atoms with van der Waals surface area (Å²) in [6, 6.07) is 9.36. The van der Waals surface area contributed by atoms with Crippen LogP contribution in [0.3, 0.4) is 0 Å². The van der Waals surface area contributed by atoms with E-state index in [-0.39, 0.29) is 0 Å². The van der Waals surface area contributed by atoms with Crippen molar-refractivity contribution < 1.29 is 0 Å². The number of likely N-dealkylation sites (tertiary alicyclic amines) is 1. The zero-order valence-corrected chi connectivity index (χ0v) is 16.0. The van der Waals surface area contributed by atoms with E-state index in [4.69, 9.17) is 0 Å². The Bertz CT molecular complexity index is 511. The molecular formula is C20H34N4. The van der Waals surface area contributed by atoms with Crippen molar-refractivity contribution in [2.75, 3.05) is 20.1 Å². The first-order valence-electron chi connectivity index (χ1n) is 9.23. The number of benzene rings is 1. The van der Waals surface area contributed by atoms with Crippen LogP contribution >= 0.6 is 0 Å². The van der Waals surface area contributed by atoms with Crippen LogP contribution in [-0.4, -0.2) is 37.0 Å². The lowest BCUT2D eigenvalue weighted by molar-refractivity contribution is 0.134. The summed E-state index contributed by atoms with van der Waals surface area (Å²) in [6.07, 6.45) is 1.37. The van der Waals surface area contributed by atoms with E-state index in [1.54, 1.807) is 7.05 Å². The quantitative estimate of drug-likeness (QED) is 0.643. The molecule has 2 rings (SSSR count). The summed E-state index contributed by atoms with van der Waals surface area (Å²) >= 11 is 0. The number of aliphatic imine (C=N–C) groups is 1. The molecule has 1 saturated heterocycles. The third kappa shape index (κ3) is 6.16. The Morgan fingerprint density at radius 3 is 2.25 bits per heavy atom. The topological polar surface area (TPSA) is 39.7 Å². The second kappa shape index (κ2) is 9.07. The highest BCUT2D eigenvalue weighted by Gasteiger charge is 2.21. The molecule has 1 aromatic rings. The summed E-state index contributed by atoms with van der Waals surface area (Å²) < 4.78 is 0. The average molecular weight is 331 g/mol. The van der Waals surface area contributed by atoms with Gasteiger partial charge in [-0.1, -0.05) is 38.1 Å². The number of rotatable bonds is 5. The molecule has 1 aliphatic rings. The molecule has 4 heteroatoms. The molecule has 0 aromatic heterocycles. The van der Waals surface area contributed by atoms with Gasteiger partial charge in [0, 0.05) is 39.3 Å². The van der Waals surface area contributed by atoms with E-state index in [0.29, 0.717) is 6.04 Å². The van der Waals surface area contributed by atoms with Gasteiger partial charge in [0.15, 0.2) is 5.96 Å². The Morgan fingerprint density at radius 1 is 1.12 bits per heavy atom. The summed E-state index contributed by atoms with van der Waals surface area (Å²) in [5.74, 6) is 2.49. The molecule has 0 saturated carbocycles. The van der Waals surface area contributed by atoms with E-state index in [9.17, 15) is 0 Å². The molecule has 1 fully saturated rings. The smallest absolute Gasteiger partial charge is 0.191 e. The fourth-order valence-corrected chi connectivity index (χ4v) is 3.60. The van der Waals surface area contributed by atoms with Gasteiger partial charge in [0.2, 0.25) is 0 Å². The van der Waals surface area contributed by atoms with Gasteiger partial charge in [0.1, 0.15) is 0 Å². The minimum Gasteiger partial charge on any atom is -0.354 e. The molecule has 2 N–H and O–H groups in total. The highest BCUT2D eigenvalue weighted by atomic mass is 15.2. The van der Waals surface area contributed by atoms with Gasteiger partial charge in [-0.2, -0.15) is 0 Å². The van der Waals surface area contributed by atoms with E-state index in [1.165, 1.54) is 30.6 Å². The highest BCUT2D eigenvalue weighted by Crippen LogP contribution is 2.22. The molecule has 0 bridgehead atoms. The van der Waals surface area contributed by atoms with Gasteiger partial charge in [-0.15, -0.1) is 0 Å². The molecule has 1 heterocycles. The van der Waals surface area contributed by atoms with Gasteiger partial charge in [0.25, 0.3) is 0 Å². The first kappa shape index (κ1) is 18.8. The third-order valence-corrected chi connectivity index (χ3v) is 4.48. The number of hydrogen-bond acceptors (Lipinski definition) is 2. The number of piperidine rings is 1. The second-order valence-electron chi connectivity index (χ2n) is 7.68. The Kier molecular flexibility index (Phi) is 7.10. The summed E-state index contributed by atoms with van der Waals surface area (Å²) in [4.78, 5) is 6.84. The van der Waals surface area contributed by atoms with Crippen molar-refractivity contribution >= 4 is 5.96 Å². The van der Waals surface area contributed by atoms with Crippen molar-refractivity contribution in [1.29, 1.82) is 0 Å². The zero-order valence-electron chi connectivity index (χ0n) is 16.0. The molecule has 2 atom stereocenters. The van der Waals surface area contributed by atoms with Crippen LogP contribution in [0.1, 0.15) is 45.2 Å². The third-order valence-electron chi connectivity index (χ3n) is 4.48. The fourth-order valence-electron chi connectivity index (χ4n) is 3.60. The van der Waals surface area contributed by atoms with E-state index < -0.39 is 0 Å². The molecule has 0 amide bonds. The monoisotopic (exact) mass is 330 g/mol. The van der Waals surface area contributed by atoms with Crippen LogP contribution in [0.4, 0.5) is 0 Å². The Morgan fingerprint density at radius 2 is 1.71 bits per heavy atom. The Hall–Kier alpha value is -1.55. The number of guanidine groups is 1. The zero-order chi connectivity index (χ0) is 17.5. The highest BCUT2D eigenvalue weighted by molar-refractivity contribution is 5.79. The Balaban J connectivity index is 1.84. The van der Waals surface area contributed by atoms with Crippen molar-refractivity contribution in [2.45, 2.75) is 53.2 Å². The summed E-state index contributed by atoms with van der Waals surface area (Å²) in [5, 5.41) is 6.66. The largest absolute Gasteiger partial charge is 0.354 e. The summed E-state index contributed by atoms with van der Waals surface area (Å²) in [5.41, 5.74) is 2.69. The van der Waals surface area contributed by atoms with Crippen molar-refractivity contribution in [3.63, 3.8) is 0 Å². The van der Waals surface area contributed by atoms with Gasteiger partial charge < -0.3 is 10.6 Å². The molecular weight excluding hydrogens is 296 g/mol. The van der Waals surface area contributed by atoms with E-state index in [0.717, 1.165) is 30.9 Å². The molecule has 134 valence electrons. The molecule has 0 aliphatic carbocycles. The lowest BCUT2D eigenvalue weighted by atomic mass is 9.91. The van der Waals surface area contributed by atoms with Crippen LogP contribution in [0, 0.1) is 11.8 Å². The maximum absolute atomic E-state index is 4.24. The van der Waals surface area contributed by atoms with Gasteiger partial charge in [0.05, 0.1) is 0 Å². The van der Waals surface area contributed by atoms with Crippen molar-refractivity contribution in [2.24, 2.45) is 16.8 Å². The number of hydrogen-bond donors (Lipinski definition) is 2. The lowest BCUT2D eigenvalue weighted by Gasteiger charge is -2.35. The normalized spacial score (nSPS) is 22.7. The van der Waals surface area contributed by atoms with Crippen LogP contribution < -0.4 is 10.6 Å². The summed E-state index contributed by atoms with van der Waals surface area (Å²) in [7, 11) is 1.81. The minimum atomic E-state index is 0.382. The predicted molar refractivity (Wildman–Crippen MR) is 103 cm³/mol. The Labute approximate surface area is 147 Å². The number of nitrogens with one attached hydrogen (secondary N) is 2. The first-order valence-corrected chi connectivity index (χ1v) is 9.23. The lowest BCUT2D eigenvalue weighted by Crippen LogP contribution is -2.40. The van der Waals surface area contributed by atoms with Crippen molar-refractivity contribution in [1.82, 2.24) is 15.5 Å². The maximum Gasteiger partial charge on any atom is 0.191 e. The minimum absolute atomic E-state index is 0.382. The predicted octanol–water partition coefficient (Wildman–Crippen LogP) is 3.24. The summed E-state index contributed by atoms with van der Waals surface area (Å²) in [6.45, 7) is 13.3. The fraction of sp³-hybridized carbons (Fsp3) is 0.650. The molecule has 1 aromatic carbocycles. The number of nitrogens with zero attached hydrogens (tertiary/aromatic N) is 2. The molecule has 0 spiro atoms. The SMILES string of the molecule is CN=C(NCc1ccc(CN2CC(C)CC(C)C2)cc1)NC(C)C. The maximum atomic E-state index is 4.24. The van der Waals surface area contributed by atoms with Crippen LogP contribution in [0.15, 0.2) is 29.3 Å². The van der Waals surface area contributed by atoms with Gasteiger partial charge in [-0.05, 0) is 43.2 Å². The van der Waals surface area contributed by atoms with E-state index in [2.05, 4.69) is 72.5 Å². The molecule has 24 heavy (non-hydrogen) atoms. The van der Waals surface area contributed by atoms with Crippen LogP contribution in [0.5, 0.6) is 0 Å². The van der Waals surface area contributed by atoms with Crippen molar-refractivity contribution in [3.8, 4) is 0 Å².